The van der Waals surface area contributed by atoms with E-state index in [-0.39, 0.29) is 30.2 Å². The average Bonchev–Trinajstić information content (AvgIpc) is 3.51. The van der Waals surface area contributed by atoms with Gasteiger partial charge in [0.15, 0.2) is 5.58 Å². The molecule has 0 spiro atoms. The molecule has 2 aliphatic rings. The van der Waals surface area contributed by atoms with Crippen LogP contribution in [0.5, 0.6) is 0 Å². The SMILES string of the molecule is CC(=O)N(C1CCN(Cc2ccccc2)CC1)C1CC(=O)N(c2ccc(-c3nc4ccccc4o3)cc2)C1=O. The van der Waals surface area contributed by atoms with Crippen LogP contribution in [-0.4, -0.2) is 57.7 Å². The van der Waals surface area contributed by atoms with Gasteiger partial charge in [0.1, 0.15) is 11.6 Å². The van der Waals surface area contributed by atoms with Gasteiger partial charge in [-0.05, 0) is 54.8 Å². The third-order valence-corrected chi connectivity index (χ3v) is 7.69. The number of carbonyl (C=O) groups is 3. The number of piperidine rings is 1. The Balaban J connectivity index is 1.15. The molecule has 0 N–H and O–H groups in total. The van der Waals surface area contributed by atoms with Gasteiger partial charge in [0.05, 0.1) is 12.1 Å². The molecule has 4 aromatic rings. The van der Waals surface area contributed by atoms with E-state index < -0.39 is 6.04 Å². The minimum Gasteiger partial charge on any atom is -0.436 e. The molecule has 0 saturated carbocycles. The Morgan fingerprint density at radius 3 is 2.33 bits per heavy atom. The molecule has 3 amide bonds. The van der Waals surface area contributed by atoms with Crippen molar-refractivity contribution in [3.63, 3.8) is 0 Å². The molecule has 3 aromatic carbocycles. The molecule has 0 bridgehead atoms. The van der Waals surface area contributed by atoms with Crippen molar-refractivity contribution in [2.45, 2.75) is 44.8 Å². The highest BCUT2D eigenvalue weighted by Gasteiger charge is 2.46. The lowest BCUT2D eigenvalue weighted by molar-refractivity contribution is -0.140. The summed E-state index contributed by atoms with van der Waals surface area (Å²) in [4.78, 5) is 49.2. The van der Waals surface area contributed by atoms with Gasteiger partial charge < -0.3 is 9.32 Å². The number of hydrogen-bond acceptors (Lipinski definition) is 6. The third kappa shape index (κ3) is 4.95. The maximum atomic E-state index is 13.6. The number of imide groups is 1. The van der Waals surface area contributed by atoms with Crippen LogP contribution in [0.2, 0.25) is 0 Å². The summed E-state index contributed by atoms with van der Waals surface area (Å²) in [6.07, 6.45) is 1.53. The Morgan fingerprint density at radius 1 is 0.949 bits per heavy atom. The van der Waals surface area contributed by atoms with Gasteiger partial charge in [-0.15, -0.1) is 0 Å². The first-order valence-corrected chi connectivity index (χ1v) is 13.4. The minimum absolute atomic E-state index is 0.00444. The number of nitrogens with zero attached hydrogens (tertiary/aromatic N) is 4. The van der Waals surface area contributed by atoms with Crippen molar-refractivity contribution in [1.82, 2.24) is 14.8 Å². The van der Waals surface area contributed by atoms with E-state index in [2.05, 4.69) is 22.0 Å². The molecular weight excluding hydrogens is 492 g/mol. The summed E-state index contributed by atoms with van der Waals surface area (Å²) in [5.41, 5.74) is 3.94. The van der Waals surface area contributed by atoms with Gasteiger partial charge >= 0.3 is 0 Å². The van der Waals surface area contributed by atoms with Crippen molar-refractivity contribution in [3.8, 4) is 11.5 Å². The van der Waals surface area contributed by atoms with Crippen LogP contribution in [0.15, 0.2) is 83.3 Å². The molecule has 0 aliphatic carbocycles. The van der Waals surface area contributed by atoms with Gasteiger partial charge in [-0.3, -0.25) is 19.3 Å². The highest BCUT2D eigenvalue weighted by Crippen LogP contribution is 2.31. The molecule has 2 saturated heterocycles. The van der Waals surface area contributed by atoms with Crippen LogP contribution >= 0.6 is 0 Å². The summed E-state index contributed by atoms with van der Waals surface area (Å²) in [7, 11) is 0. The highest BCUT2D eigenvalue weighted by molar-refractivity contribution is 6.23. The van der Waals surface area contributed by atoms with E-state index in [0.29, 0.717) is 17.2 Å². The van der Waals surface area contributed by atoms with Crippen molar-refractivity contribution in [1.29, 1.82) is 0 Å². The molecule has 1 aromatic heterocycles. The molecule has 2 aliphatic heterocycles. The molecular formula is C31H30N4O4. The van der Waals surface area contributed by atoms with E-state index in [1.165, 1.54) is 17.4 Å². The van der Waals surface area contributed by atoms with Gasteiger partial charge in [0, 0.05) is 38.2 Å². The van der Waals surface area contributed by atoms with E-state index in [9.17, 15) is 14.4 Å². The average molecular weight is 523 g/mol. The monoisotopic (exact) mass is 522 g/mol. The third-order valence-electron chi connectivity index (χ3n) is 7.69. The first kappa shape index (κ1) is 25.0. The summed E-state index contributed by atoms with van der Waals surface area (Å²) in [6.45, 7) is 4.02. The Morgan fingerprint density at radius 2 is 1.64 bits per heavy atom. The predicted octanol–water partition coefficient (Wildman–Crippen LogP) is 4.64. The van der Waals surface area contributed by atoms with Crippen LogP contribution in [0.3, 0.4) is 0 Å². The summed E-state index contributed by atoms with van der Waals surface area (Å²) < 4.78 is 5.84. The number of para-hydroxylation sites is 2. The smallest absolute Gasteiger partial charge is 0.257 e. The van der Waals surface area contributed by atoms with E-state index >= 15 is 0 Å². The lowest BCUT2D eigenvalue weighted by Crippen LogP contribution is -2.53. The van der Waals surface area contributed by atoms with Crippen molar-refractivity contribution < 1.29 is 18.8 Å². The largest absolute Gasteiger partial charge is 0.436 e. The van der Waals surface area contributed by atoms with Gasteiger partial charge in [-0.25, -0.2) is 9.88 Å². The molecule has 8 heteroatoms. The van der Waals surface area contributed by atoms with Crippen LogP contribution < -0.4 is 4.90 Å². The predicted molar refractivity (Wildman–Crippen MR) is 148 cm³/mol. The number of anilines is 1. The standard InChI is InChI=1S/C31H30N4O4/c1-21(36)34(25-15-17-33(18-16-25)20-22-7-3-2-4-8-22)27-19-29(37)35(31(27)38)24-13-11-23(12-14-24)30-32-26-9-5-6-10-28(26)39-30/h2-14,25,27H,15-20H2,1H3. The van der Waals surface area contributed by atoms with Crippen LogP contribution in [0, 0.1) is 0 Å². The topological polar surface area (TPSA) is 87.0 Å². The van der Waals surface area contributed by atoms with E-state index in [1.807, 2.05) is 42.5 Å². The number of amides is 3. The van der Waals surface area contributed by atoms with Gasteiger partial charge in [0.25, 0.3) is 5.91 Å². The summed E-state index contributed by atoms with van der Waals surface area (Å²) in [5.74, 6) is -0.346. The lowest BCUT2D eigenvalue weighted by Gasteiger charge is -2.40. The molecule has 1 unspecified atom stereocenters. The first-order valence-electron chi connectivity index (χ1n) is 13.4. The number of carbonyl (C=O) groups excluding carboxylic acids is 3. The fourth-order valence-corrected chi connectivity index (χ4v) is 5.78. The highest BCUT2D eigenvalue weighted by atomic mass is 16.3. The number of oxazole rings is 1. The van der Waals surface area contributed by atoms with Crippen molar-refractivity contribution in [3.05, 3.63) is 84.4 Å². The Kier molecular flexibility index (Phi) is 6.70. The second-order valence-corrected chi connectivity index (χ2v) is 10.2. The second kappa shape index (κ2) is 10.5. The Bertz CT molecular complexity index is 1470. The van der Waals surface area contributed by atoms with Crippen LogP contribution in [0.1, 0.15) is 31.7 Å². The quantitative estimate of drug-likeness (QED) is 0.343. The number of benzene rings is 3. The van der Waals surface area contributed by atoms with Crippen molar-refractivity contribution in [2.75, 3.05) is 18.0 Å². The maximum absolute atomic E-state index is 13.6. The molecule has 3 heterocycles. The molecule has 39 heavy (non-hydrogen) atoms. The zero-order valence-electron chi connectivity index (χ0n) is 21.8. The summed E-state index contributed by atoms with van der Waals surface area (Å²) in [6, 6.07) is 24.0. The number of fused-ring (bicyclic) bond motifs is 1. The van der Waals surface area contributed by atoms with Gasteiger partial charge in [-0.1, -0.05) is 42.5 Å². The van der Waals surface area contributed by atoms with Crippen LogP contribution in [-0.2, 0) is 20.9 Å². The Labute approximate surface area is 226 Å². The number of aromatic nitrogens is 1. The van der Waals surface area contributed by atoms with Gasteiger partial charge in [-0.2, -0.15) is 0 Å². The molecule has 198 valence electrons. The molecule has 6 rings (SSSR count). The first-order chi connectivity index (χ1) is 19.0. The summed E-state index contributed by atoms with van der Waals surface area (Å²) >= 11 is 0. The molecule has 0 radical (unpaired) electrons. The van der Waals surface area contributed by atoms with Crippen LogP contribution in [0.4, 0.5) is 5.69 Å². The van der Waals surface area contributed by atoms with E-state index in [0.717, 1.165) is 43.6 Å². The fourth-order valence-electron chi connectivity index (χ4n) is 5.78. The van der Waals surface area contributed by atoms with Crippen LogP contribution in [0.25, 0.3) is 22.6 Å². The number of hydrogen-bond donors (Lipinski definition) is 0. The van der Waals surface area contributed by atoms with E-state index in [1.54, 1.807) is 29.2 Å². The second-order valence-electron chi connectivity index (χ2n) is 10.2. The number of likely N-dealkylation sites (tertiary alicyclic amines) is 1. The van der Waals surface area contributed by atoms with Crippen molar-refractivity contribution >= 4 is 34.5 Å². The normalized spacial score (nSPS) is 18.7. The molecule has 8 nitrogen and oxygen atoms in total. The number of rotatable bonds is 6. The van der Waals surface area contributed by atoms with Crippen molar-refractivity contribution in [2.24, 2.45) is 0 Å². The minimum atomic E-state index is -0.780. The fraction of sp³-hybridized carbons (Fsp3) is 0.290. The summed E-state index contributed by atoms with van der Waals surface area (Å²) in [5, 5.41) is 0. The Hall–Kier alpha value is -4.30. The van der Waals surface area contributed by atoms with E-state index in [4.69, 9.17) is 4.42 Å². The molecule has 1 atom stereocenters. The molecule has 2 fully saturated rings. The zero-order chi connectivity index (χ0) is 26.9. The van der Waals surface area contributed by atoms with Gasteiger partial charge in [0.2, 0.25) is 17.7 Å². The lowest BCUT2D eigenvalue weighted by atomic mass is 9.99. The zero-order valence-corrected chi connectivity index (χ0v) is 21.8. The maximum Gasteiger partial charge on any atom is 0.257 e.